The van der Waals surface area contributed by atoms with Gasteiger partial charge in [0.2, 0.25) is 0 Å². The van der Waals surface area contributed by atoms with Crippen LogP contribution in [0.15, 0.2) is 53.5 Å². The summed E-state index contributed by atoms with van der Waals surface area (Å²) in [4.78, 5) is 32.3. The third kappa shape index (κ3) is 4.79. The van der Waals surface area contributed by atoms with Crippen molar-refractivity contribution in [3.05, 3.63) is 64.7 Å². The highest BCUT2D eigenvalue weighted by Gasteiger charge is 2.48. The van der Waals surface area contributed by atoms with Gasteiger partial charge in [0.15, 0.2) is 28.1 Å². The summed E-state index contributed by atoms with van der Waals surface area (Å²) in [6.07, 6.45) is 3.45. The van der Waals surface area contributed by atoms with Gasteiger partial charge in [-0.1, -0.05) is 19.4 Å². The Labute approximate surface area is 224 Å². The number of anilines is 1. The number of aliphatic hydroxyl groups is 1. The van der Waals surface area contributed by atoms with Crippen LogP contribution in [0.3, 0.4) is 0 Å². The highest BCUT2D eigenvalue weighted by atomic mass is 32.1. The first kappa shape index (κ1) is 25.6. The van der Waals surface area contributed by atoms with E-state index in [-0.39, 0.29) is 11.3 Å². The molecule has 9 nitrogen and oxygen atoms in total. The molecule has 1 atom stereocenters. The highest BCUT2D eigenvalue weighted by molar-refractivity contribution is 7.14. The lowest BCUT2D eigenvalue weighted by Gasteiger charge is -2.24. The average Bonchev–Trinajstić information content (AvgIpc) is 3.55. The third-order valence-electron chi connectivity index (χ3n) is 6.22. The molecule has 1 unspecified atom stereocenters. The molecule has 1 aromatic heterocycles. The standard InChI is InChI=1S/C28H28N2O7S/c1-3-5-11-35-19-8-6-17(15-21(19)34-4-2)24-23(26(32)27(33)30(24)28-29-10-14-38-28)25(31)18-7-9-20-22(16-18)37-13-12-36-20/h6-10,14-16,24,31H,3-5,11-13H2,1-2H3/b25-23+. The van der Waals surface area contributed by atoms with E-state index in [2.05, 4.69) is 11.9 Å². The molecular weight excluding hydrogens is 508 g/mol. The summed E-state index contributed by atoms with van der Waals surface area (Å²) in [6.45, 7) is 5.69. The van der Waals surface area contributed by atoms with Crippen LogP contribution in [-0.4, -0.2) is 48.2 Å². The minimum absolute atomic E-state index is 0.0519. The fourth-order valence-corrected chi connectivity index (χ4v) is 5.10. The number of Topliss-reactive ketones (excluding diaryl/α,β-unsaturated/α-hetero) is 1. The first-order valence-electron chi connectivity index (χ1n) is 12.5. The van der Waals surface area contributed by atoms with Crippen LogP contribution >= 0.6 is 11.3 Å². The zero-order valence-electron chi connectivity index (χ0n) is 21.1. The molecule has 2 aromatic carbocycles. The van der Waals surface area contributed by atoms with Gasteiger partial charge >= 0.3 is 5.91 Å². The van der Waals surface area contributed by atoms with Crippen molar-refractivity contribution in [2.45, 2.75) is 32.7 Å². The smallest absolute Gasteiger partial charge is 0.301 e. The molecule has 38 heavy (non-hydrogen) atoms. The van der Waals surface area contributed by atoms with E-state index >= 15 is 0 Å². The first-order valence-corrected chi connectivity index (χ1v) is 13.4. The maximum absolute atomic E-state index is 13.4. The number of rotatable bonds is 9. The van der Waals surface area contributed by atoms with Crippen molar-refractivity contribution < 1.29 is 33.6 Å². The summed E-state index contributed by atoms with van der Waals surface area (Å²) in [5.41, 5.74) is 0.856. The van der Waals surface area contributed by atoms with Crippen molar-refractivity contribution in [3.63, 3.8) is 0 Å². The topological polar surface area (TPSA) is 107 Å². The molecule has 2 aliphatic heterocycles. The molecular formula is C28H28N2O7S. The van der Waals surface area contributed by atoms with E-state index in [1.165, 1.54) is 16.2 Å². The molecule has 1 N–H and O–H groups in total. The number of hydrogen-bond donors (Lipinski definition) is 1. The molecule has 0 aliphatic carbocycles. The van der Waals surface area contributed by atoms with Gasteiger partial charge in [0.25, 0.3) is 5.78 Å². The number of ether oxygens (including phenoxy) is 4. The van der Waals surface area contributed by atoms with Crippen LogP contribution in [0.1, 0.15) is 43.9 Å². The van der Waals surface area contributed by atoms with Crippen LogP contribution in [0, 0.1) is 0 Å². The van der Waals surface area contributed by atoms with E-state index < -0.39 is 17.7 Å². The molecule has 0 bridgehead atoms. The van der Waals surface area contributed by atoms with Gasteiger partial charge in [-0.2, -0.15) is 0 Å². The lowest BCUT2D eigenvalue weighted by Crippen LogP contribution is -2.29. The Bertz CT molecular complexity index is 1370. The average molecular weight is 537 g/mol. The number of benzene rings is 2. The van der Waals surface area contributed by atoms with Gasteiger partial charge in [0, 0.05) is 17.1 Å². The van der Waals surface area contributed by atoms with E-state index in [4.69, 9.17) is 18.9 Å². The van der Waals surface area contributed by atoms with Gasteiger partial charge < -0.3 is 24.1 Å². The van der Waals surface area contributed by atoms with Gasteiger partial charge in [-0.15, -0.1) is 11.3 Å². The van der Waals surface area contributed by atoms with Gasteiger partial charge in [-0.05, 0) is 49.2 Å². The van der Waals surface area contributed by atoms with Crippen LogP contribution in [0.25, 0.3) is 5.76 Å². The Morgan fingerprint density at radius 3 is 2.63 bits per heavy atom. The van der Waals surface area contributed by atoms with Crippen LogP contribution in [0.4, 0.5) is 5.13 Å². The number of hydrogen-bond acceptors (Lipinski definition) is 9. The number of nitrogens with zero attached hydrogens (tertiary/aromatic N) is 2. The van der Waals surface area contributed by atoms with E-state index in [1.807, 2.05) is 6.92 Å². The predicted molar refractivity (Wildman–Crippen MR) is 142 cm³/mol. The minimum Gasteiger partial charge on any atom is -0.507 e. The molecule has 3 aromatic rings. The molecule has 1 fully saturated rings. The number of ketones is 1. The maximum Gasteiger partial charge on any atom is 0.301 e. The summed E-state index contributed by atoms with van der Waals surface area (Å²) in [5, 5.41) is 13.5. The molecule has 0 spiro atoms. The summed E-state index contributed by atoms with van der Waals surface area (Å²) in [5.74, 6) is 0.174. The monoisotopic (exact) mass is 536 g/mol. The quantitative estimate of drug-likeness (QED) is 0.174. The largest absolute Gasteiger partial charge is 0.507 e. The number of carbonyl (C=O) groups excluding carboxylic acids is 2. The lowest BCUT2D eigenvalue weighted by molar-refractivity contribution is -0.132. The van der Waals surface area contributed by atoms with Gasteiger partial charge in [-0.3, -0.25) is 14.5 Å². The molecule has 5 rings (SSSR count). The summed E-state index contributed by atoms with van der Waals surface area (Å²) in [7, 11) is 0. The number of fused-ring (bicyclic) bond motifs is 1. The third-order valence-corrected chi connectivity index (χ3v) is 6.99. The second-order valence-corrected chi connectivity index (χ2v) is 9.56. The molecule has 3 heterocycles. The normalized spacial score (nSPS) is 18.1. The first-order chi connectivity index (χ1) is 18.5. The number of aromatic nitrogens is 1. The van der Waals surface area contributed by atoms with Gasteiger partial charge in [0.05, 0.1) is 24.8 Å². The predicted octanol–water partition coefficient (Wildman–Crippen LogP) is 5.12. The molecule has 2 aliphatic rings. The minimum atomic E-state index is -0.932. The summed E-state index contributed by atoms with van der Waals surface area (Å²) < 4.78 is 23.0. The molecule has 1 saturated heterocycles. The number of carbonyl (C=O) groups is 2. The van der Waals surface area contributed by atoms with E-state index in [9.17, 15) is 14.7 Å². The summed E-state index contributed by atoms with van der Waals surface area (Å²) >= 11 is 1.23. The van der Waals surface area contributed by atoms with Crippen molar-refractivity contribution in [1.29, 1.82) is 0 Å². The van der Waals surface area contributed by atoms with Crippen molar-refractivity contribution in [2.24, 2.45) is 0 Å². The zero-order valence-corrected chi connectivity index (χ0v) is 22.0. The molecule has 0 saturated carbocycles. The maximum atomic E-state index is 13.4. The van der Waals surface area contributed by atoms with E-state index in [1.54, 1.807) is 48.0 Å². The van der Waals surface area contributed by atoms with Crippen molar-refractivity contribution >= 4 is 33.9 Å². The molecule has 198 valence electrons. The van der Waals surface area contributed by atoms with Crippen molar-refractivity contribution in [1.82, 2.24) is 4.98 Å². The van der Waals surface area contributed by atoms with Crippen molar-refractivity contribution in [2.75, 3.05) is 31.3 Å². The Hall–Kier alpha value is -4.05. The Morgan fingerprint density at radius 1 is 1.08 bits per heavy atom. The Kier molecular flexibility index (Phi) is 7.50. The number of unbranched alkanes of at least 4 members (excludes halogenated alkanes) is 1. The number of thiazole rings is 1. The highest BCUT2D eigenvalue weighted by Crippen LogP contribution is 2.45. The second-order valence-electron chi connectivity index (χ2n) is 8.68. The lowest BCUT2D eigenvalue weighted by atomic mass is 9.95. The fraction of sp³-hybridized carbons (Fsp3) is 0.321. The van der Waals surface area contributed by atoms with Crippen LogP contribution < -0.4 is 23.8 Å². The van der Waals surface area contributed by atoms with Crippen LogP contribution in [-0.2, 0) is 9.59 Å². The van der Waals surface area contributed by atoms with E-state index in [0.29, 0.717) is 65.7 Å². The van der Waals surface area contributed by atoms with Gasteiger partial charge in [-0.25, -0.2) is 4.98 Å². The van der Waals surface area contributed by atoms with Gasteiger partial charge in [0.1, 0.15) is 19.0 Å². The number of aliphatic hydroxyl groups excluding tert-OH is 1. The molecule has 10 heteroatoms. The van der Waals surface area contributed by atoms with Crippen LogP contribution in [0.5, 0.6) is 23.0 Å². The fourth-order valence-electron chi connectivity index (χ4n) is 4.44. The zero-order chi connectivity index (χ0) is 26.6. The van der Waals surface area contributed by atoms with Crippen molar-refractivity contribution in [3.8, 4) is 23.0 Å². The number of amides is 1. The molecule has 1 amide bonds. The summed E-state index contributed by atoms with van der Waals surface area (Å²) in [6, 6.07) is 9.27. The van der Waals surface area contributed by atoms with Crippen LogP contribution in [0.2, 0.25) is 0 Å². The Morgan fingerprint density at radius 2 is 1.89 bits per heavy atom. The second kappa shape index (κ2) is 11.1. The van der Waals surface area contributed by atoms with E-state index in [0.717, 1.165) is 12.8 Å². The Balaban J connectivity index is 1.63. The molecule has 0 radical (unpaired) electrons. The SMILES string of the molecule is CCCCOc1ccc(C2/C(=C(\O)c3ccc4c(c3)OCCO4)C(=O)C(=O)N2c2nccs2)cc1OCC.